The lowest BCUT2D eigenvalue weighted by Gasteiger charge is -2.22. The zero-order valence-corrected chi connectivity index (χ0v) is 18.7. The van der Waals surface area contributed by atoms with Crippen LogP contribution in [0.25, 0.3) is 0 Å². The summed E-state index contributed by atoms with van der Waals surface area (Å²) in [6.07, 6.45) is 0. The number of hydrazone groups is 1. The molecule has 158 valence electrons. The summed E-state index contributed by atoms with van der Waals surface area (Å²) in [6, 6.07) is 22.7. The maximum absolute atomic E-state index is 13.6. The maximum Gasteiger partial charge on any atom is 0.259 e. The largest absolute Gasteiger partial charge is 0.295 e. The minimum Gasteiger partial charge on any atom is -0.295 e. The number of halogens is 1. The van der Waals surface area contributed by atoms with Gasteiger partial charge < -0.3 is 0 Å². The van der Waals surface area contributed by atoms with Crippen LogP contribution in [-0.4, -0.2) is 29.4 Å². The zero-order valence-electron chi connectivity index (χ0n) is 17.1. The third-order valence-corrected chi connectivity index (χ3v) is 6.27. The van der Waals surface area contributed by atoms with Crippen LogP contribution in [0.5, 0.6) is 0 Å². The number of ketones is 1. The molecule has 3 aromatic carbocycles. The van der Waals surface area contributed by atoms with Gasteiger partial charge in [-0.15, -0.1) is 0 Å². The molecule has 32 heavy (non-hydrogen) atoms. The van der Waals surface area contributed by atoms with E-state index in [1.54, 1.807) is 29.3 Å². The second kappa shape index (κ2) is 7.84. The lowest BCUT2D eigenvalue weighted by atomic mass is 9.93. The Kier molecular flexibility index (Phi) is 4.98. The zero-order chi connectivity index (χ0) is 22.4. The molecule has 3 aromatic rings. The molecule has 0 radical (unpaired) electrons. The Labute approximate surface area is 193 Å². The number of benzene rings is 3. The van der Waals surface area contributed by atoms with Gasteiger partial charge in [-0.2, -0.15) is 5.10 Å². The number of hydrogen-bond acceptors (Lipinski definition) is 5. The summed E-state index contributed by atoms with van der Waals surface area (Å²) in [4.78, 5) is 39.9. The average molecular weight is 488 g/mol. The van der Waals surface area contributed by atoms with Gasteiger partial charge in [0.1, 0.15) is 12.0 Å². The Morgan fingerprint density at radius 3 is 2.12 bits per heavy atom. The highest BCUT2D eigenvalue weighted by molar-refractivity contribution is 9.10. The van der Waals surface area contributed by atoms with E-state index in [1.807, 2.05) is 54.6 Å². The van der Waals surface area contributed by atoms with Crippen molar-refractivity contribution in [3.05, 3.63) is 94.5 Å². The van der Waals surface area contributed by atoms with Crippen LogP contribution in [0.4, 0.5) is 11.4 Å². The SMILES string of the molecule is CC(=O)c1ccc(N2C(=O)C3C(c4ccc(Br)cc4)=NN(c4ccccc4)C3C2=O)cc1. The molecule has 5 rings (SSSR count). The van der Waals surface area contributed by atoms with Crippen LogP contribution in [0, 0.1) is 5.92 Å². The Bertz CT molecular complexity index is 1250. The summed E-state index contributed by atoms with van der Waals surface area (Å²) in [5.74, 6) is -1.46. The molecule has 2 aliphatic heterocycles. The molecule has 1 saturated heterocycles. The van der Waals surface area contributed by atoms with Crippen LogP contribution in [0.2, 0.25) is 0 Å². The number of rotatable bonds is 4. The van der Waals surface area contributed by atoms with E-state index in [0.29, 0.717) is 17.0 Å². The lowest BCUT2D eigenvalue weighted by Crippen LogP contribution is -2.39. The molecule has 2 unspecified atom stereocenters. The summed E-state index contributed by atoms with van der Waals surface area (Å²) in [5.41, 5.74) is 3.06. The van der Waals surface area contributed by atoms with Crippen molar-refractivity contribution in [2.24, 2.45) is 11.0 Å². The highest BCUT2D eigenvalue weighted by Crippen LogP contribution is 2.39. The van der Waals surface area contributed by atoms with Crippen molar-refractivity contribution in [1.29, 1.82) is 0 Å². The van der Waals surface area contributed by atoms with E-state index in [-0.39, 0.29) is 17.6 Å². The summed E-state index contributed by atoms with van der Waals surface area (Å²) < 4.78 is 0.914. The predicted molar refractivity (Wildman–Crippen MR) is 126 cm³/mol. The molecule has 6 nitrogen and oxygen atoms in total. The molecule has 0 aromatic heterocycles. The first-order chi connectivity index (χ1) is 15.5. The smallest absolute Gasteiger partial charge is 0.259 e. The fourth-order valence-corrected chi connectivity index (χ4v) is 4.43. The van der Waals surface area contributed by atoms with Crippen molar-refractivity contribution in [3.63, 3.8) is 0 Å². The van der Waals surface area contributed by atoms with Crippen LogP contribution in [0.3, 0.4) is 0 Å². The number of hydrogen-bond donors (Lipinski definition) is 0. The highest BCUT2D eigenvalue weighted by atomic mass is 79.9. The van der Waals surface area contributed by atoms with E-state index in [4.69, 9.17) is 5.10 Å². The number of Topliss-reactive ketones (excluding diaryl/α,β-unsaturated/α-hetero) is 1. The van der Waals surface area contributed by atoms with E-state index in [1.165, 1.54) is 11.8 Å². The summed E-state index contributed by atoms with van der Waals surface area (Å²) in [5, 5.41) is 6.38. The molecule has 0 bridgehead atoms. The summed E-state index contributed by atoms with van der Waals surface area (Å²) in [7, 11) is 0. The lowest BCUT2D eigenvalue weighted by molar-refractivity contribution is -0.121. The molecule has 0 N–H and O–H groups in total. The van der Waals surface area contributed by atoms with Gasteiger partial charge in [0.05, 0.1) is 17.1 Å². The minimum absolute atomic E-state index is 0.0765. The number of anilines is 2. The second-order valence-corrected chi connectivity index (χ2v) is 8.63. The molecule has 0 saturated carbocycles. The van der Waals surface area contributed by atoms with Crippen LogP contribution in [-0.2, 0) is 9.59 Å². The van der Waals surface area contributed by atoms with Gasteiger partial charge in [-0.3, -0.25) is 19.4 Å². The topological polar surface area (TPSA) is 70.1 Å². The number of nitrogens with zero attached hydrogens (tertiary/aromatic N) is 3. The summed E-state index contributed by atoms with van der Waals surface area (Å²) in [6.45, 7) is 1.48. The third-order valence-electron chi connectivity index (χ3n) is 5.74. The molecular weight excluding hydrogens is 470 g/mol. The second-order valence-electron chi connectivity index (χ2n) is 7.71. The molecule has 1 fully saturated rings. The van der Waals surface area contributed by atoms with Gasteiger partial charge in [-0.05, 0) is 61.0 Å². The van der Waals surface area contributed by atoms with Gasteiger partial charge in [0.15, 0.2) is 5.78 Å². The van der Waals surface area contributed by atoms with Crippen molar-refractivity contribution in [1.82, 2.24) is 0 Å². The molecule has 0 aliphatic carbocycles. The van der Waals surface area contributed by atoms with E-state index in [0.717, 1.165) is 15.7 Å². The Morgan fingerprint density at radius 2 is 1.50 bits per heavy atom. The first kappa shape index (κ1) is 20.3. The van der Waals surface area contributed by atoms with Gasteiger partial charge in [-0.25, -0.2) is 4.90 Å². The number of imide groups is 1. The van der Waals surface area contributed by atoms with Gasteiger partial charge in [-0.1, -0.05) is 46.3 Å². The van der Waals surface area contributed by atoms with E-state index >= 15 is 0 Å². The van der Waals surface area contributed by atoms with Gasteiger partial charge in [0.2, 0.25) is 5.91 Å². The van der Waals surface area contributed by atoms with Crippen LogP contribution in [0.15, 0.2) is 88.4 Å². The van der Waals surface area contributed by atoms with Crippen LogP contribution in [0.1, 0.15) is 22.8 Å². The monoisotopic (exact) mass is 487 g/mol. The molecule has 2 atom stereocenters. The maximum atomic E-state index is 13.6. The normalized spacial score (nSPS) is 19.9. The quantitative estimate of drug-likeness (QED) is 0.403. The standard InChI is InChI=1S/C25H18BrN3O3/c1-15(30)16-9-13-19(14-10-16)28-24(31)21-22(17-7-11-18(26)12-8-17)27-29(23(21)25(28)32)20-5-3-2-4-6-20/h2-14,21,23H,1H3. The Balaban J connectivity index is 1.59. The van der Waals surface area contributed by atoms with Crippen molar-refractivity contribution >= 4 is 50.6 Å². The molecular formula is C25H18BrN3O3. The number of amides is 2. The van der Waals surface area contributed by atoms with Crippen LogP contribution < -0.4 is 9.91 Å². The number of carbonyl (C=O) groups excluding carboxylic acids is 3. The van der Waals surface area contributed by atoms with Crippen molar-refractivity contribution in [2.75, 3.05) is 9.91 Å². The molecule has 2 amide bonds. The van der Waals surface area contributed by atoms with Gasteiger partial charge in [0.25, 0.3) is 5.91 Å². The highest BCUT2D eigenvalue weighted by Gasteiger charge is 2.57. The fourth-order valence-electron chi connectivity index (χ4n) is 4.17. The predicted octanol–water partition coefficient (Wildman–Crippen LogP) is 4.43. The van der Waals surface area contributed by atoms with E-state index in [2.05, 4.69) is 15.9 Å². The fraction of sp³-hybridized carbons (Fsp3) is 0.120. The van der Waals surface area contributed by atoms with E-state index < -0.39 is 12.0 Å². The van der Waals surface area contributed by atoms with Crippen molar-refractivity contribution in [3.8, 4) is 0 Å². The van der Waals surface area contributed by atoms with Gasteiger partial charge >= 0.3 is 0 Å². The first-order valence-corrected chi connectivity index (χ1v) is 10.9. The van der Waals surface area contributed by atoms with Crippen LogP contribution >= 0.6 is 15.9 Å². The molecule has 2 aliphatic rings. The molecule has 7 heteroatoms. The Hall–Kier alpha value is -3.58. The third kappa shape index (κ3) is 3.26. The van der Waals surface area contributed by atoms with E-state index in [9.17, 15) is 14.4 Å². The average Bonchev–Trinajstić information content (AvgIpc) is 3.32. The molecule has 0 spiro atoms. The summed E-state index contributed by atoms with van der Waals surface area (Å²) >= 11 is 3.43. The first-order valence-electron chi connectivity index (χ1n) is 10.1. The number of para-hydroxylation sites is 1. The van der Waals surface area contributed by atoms with Crippen molar-refractivity contribution < 1.29 is 14.4 Å². The van der Waals surface area contributed by atoms with Crippen molar-refractivity contribution in [2.45, 2.75) is 13.0 Å². The Morgan fingerprint density at radius 1 is 0.844 bits per heavy atom. The number of carbonyl (C=O) groups is 3. The minimum atomic E-state index is -0.768. The molecule has 2 heterocycles. The number of fused-ring (bicyclic) bond motifs is 1. The van der Waals surface area contributed by atoms with Gasteiger partial charge in [0, 0.05) is 10.0 Å².